The van der Waals surface area contributed by atoms with Crippen LogP contribution in [0, 0.1) is 5.82 Å². The molecule has 3 rings (SSSR count). The van der Waals surface area contributed by atoms with Crippen molar-refractivity contribution in [2.45, 2.75) is 13.2 Å². The maximum atomic E-state index is 13.0. The summed E-state index contributed by atoms with van der Waals surface area (Å²) in [6, 6.07) is 15.9. The van der Waals surface area contributed by atoms with Gasteiger partial charge in [0.25, 0.3) is 0 Å². The van der Waals surface area contributed by atoms with E-state index in [0.29, 0.717) is 23.1 Å². The SMILES string of the molecule is COc1cc(CNc2ccc(C(=O)O)cc2)c(Cl)cc1OCc1ccc(F)cc1. The van der Waals surface area contributed by atoms with Crippen molar-refractivity contribution < 1.29 is 23.8 Å². The molecule has 7 heteroatoms. The van der Waals surface area contributed by atoms with Gasteiger partial charge >= 0.3 is 5.97 Å². The summed E-state index contributed by atoms with van der Waals surface area (Å²) < 4.78 is 24.2. The highest BCUT2D eigenvalue weighted by Gasteiger charge is 2.11. The number of aromatic carboxylic acids is 1. The van der Waals surface area contributed by atoms with Crippen molar-refractivity contribution in [3.05, 3.63) is 88.2 Å². The number of benzene rings is 3. The van der Waals surface area contributed by atoms with Crippen molar-refractivity contribution in [3.63, 3.8) is 0 Å². The van der Waals surface area contributed by atoms with Crippen LogP contribution in [0.3, 0.4) is 0 Å². The van der Waals surface area contributed by atoms with Gasteiger partial charge in [-0.25, -0.2) is 9.18 Å². The Kier molecular flexibility index (Phi) is 6.57. The standard InChI is InChI=1S/C22H19ClFNO4/c1-28-20-10-16(12-25-18-8-4-15(5-9-18)22(26)27)19(23)11-21(20)29-13-14-2-6-17(24)7-3-14/h2-11,25H,12-13H2,1H3,(H,26,27). The zero-order valence-electron chi connectivity index (χ0n) is 15.6. The van der Waals surface area contributed by atoms with Crippen LogP contribution in [0.4, 0.5) is 10.1 Å². The highest BCUT2D eigenvalue weighted by Crippen LogP contribution is 2.34. The zero-order valence-corrected chi connectivity index (χ0v) is 16.4. The summed E-state index contributed by atoms with van der Waals surface area (Å²) in [5, 5.41) is 12.6. The minimum Gasteiger partial charge on any atom is -0.493 e. The molecule has 0 fully saturated rings. The van der Waals surface area contributed by atoms with E-state index in [-0.39, 0.29) is 18.0 Å². The predicted molar refractivity (Wildman–Crippen MR) is 109 cm³/mol. The Labute approximate surface area is 172 Å². The van der Waals surface area contributed by atoms with E-state index < -0.39 is 5.97 Å². The summed E-state index contributed by atoms with van der Waals surface area (Å²) in [6.07, 6.45) is 0. The number of hydrogen-bond donors (Lipinski definition) is 2. The molecule has 0 amide bonds. The Morgan fingerprint density at radius 1 is 1.07 bits per heavy atom. The number of carbonyl (C=O) groups is 1. The first kappa shape index (κ1) is 20.5. The third kappa shape index (κ3) is 5.39. The fraction of sp³-hybridized carbons (Fsp3) is 0.136. The van der Waals surface area contributed by atoms with Gasteiger partial charge in [-0.3, -0.25) is 0 Å². The third-order valence-corrected chi connectivity index (χ3v) is 4.61. The maximum Gasteiger partial charge on any atom is 0.335 e. The molecule has 3 aromatic rings. The average Bonchev–Trinajstić information content (AvgIpc) is 2.73. The number of methoxy groups -OCH3 is 1. The number of rotatable bonds is 8. The van der Waals surface area contributed by atoms with E-state index >= 15 is 0 Å². The first-order valence-corrected chi connectivity index (χ1v) is 9.15. The summed E-state index contributed by atoms with van der Waals surface area (Å²) in [5.41, 5.74) is 2.60. The number of carboxylic acids is 1. The Morgan fingerprint density at radius 2 is 1.76 bits per heavy atom. The summed E-state index contributed by atoms with van der Waals surface area (Å²) in [4.78, 5) is 10.9. The number of hydrogen-bond acceptors (Lipinski definition) is 4. The first-order chi connectivity index (χ1) is 14.0. The minimum absolute atomic E-state index is 0.220. The second kappa shape index (κ2) is 9.30. The fourth-order valence-corrected chi connectivity index (χ4v) is 2.88. The fourth-order valence-electron chi connectivity index (χ4n) is 2.65. The van der Waals surface area contributed by atoms with Crippen molar-refractivity contribution in [1.82, 2.24) is 0 Å². The molecule has 0 aliphatic rings. The summed E-state index contributed by atoms with van der Waals surface area (Å²) in [6.45, 7) is 0.667. The summed E-state index contributed by atoms with van der Waals surface area (Å²) in [7, 11) is 1.54. The molecule has 0 aromatic heterocycles. The molecule has 0 atom stereocenters. The molecule has 0 spiro atoms. The number of halogens is 2. The predicted octanol–water partition coefficient (Wildman–Crippen LogP) is 5.38. The van der Waals surface area contributed by atoms with Crippen molar-refractivity contribution in [3.8, 4) is 11.5 Å². The second-order valence-corrected chi connectivity index (χ2v) is 6.65. The Morgan fingerprint density at radius 3 is 2.38 bits per heavy atom. The number of carboxylic acid groups (broad SMARTS) is 1. The van der Waals surface area contributed by atoms with Crippen LogP contribution in [0.2, 0.25) is 5.02 Å². The quantitative estimate of drug-likeness (QED) is 0.517. The van der Waals surface area contributed by atoms with Crippen LogP contribution in [0.1, 0.15) is 21.5 Å². The molecule has 0 unspecified atom stereocenters. The molecule has 0 aliphatic carbocycles. The van der Waals surface area contributed by atoms with E-state index in [2.05, 4.69) is 5.32 Å². The molecule has 2 N–H and O–H groups in total. The topological polar surface area (TPSA) is 67.8 Å². The highest BCUT2D eigenvalue weighted by atomic mass is 35.5. The van der Waals surface area contributed by atoms with Gasteiger partial charge in [0.15, 0.2) is 11.5 Å². The lowest BCUT2D eigenvalue weighted by atomic mass is 10.1. The van der Waals surface area contributed by atoms with Crippen LogP contribution in [-0.2, 0) is 13.2 Å². The van der Waals surface area contributed by atoms with Crippen molar-refractivity contribution in [2.75, 3.05) is 12.4 Å². The summed E-state index contributed by atoms with van der Waals surface area (Å²) >= 11 is 6.39. The van der Waals surface area contributed by atoms with Gasteiger partial charge in [-0.05, 0) is 53.6 Å². The molecule has 0 bridgehead atoms. The third-order valence-electron chi connectivity index (χ3n) is 4.26. The molecular formula is C22H19ClFNO4. The van der Waals surface area contributed by atoms with Gasteiger partial charge in [-0.15, -0.1) is 0 Å². The van der Waals surface area contributed by atoms with Gasteiger partial charge in [0.05, 0.1) is 12.7 Å². The summed E-state index contributed by atoms with van der Waals surface area (Å²) in [5.74, 6) is -0.268. The van der Waals surface area contributed by atoms with E-state index in [1.807, 2.05) is 0 Å². The lowest BCUT2D eigenvalue weighted by molar-refractivity contribution is 0.0697. The monoisotopic (exact) mass is 415 g/mol. The van der Waals surface area contributed by atoms with Crippen LogP contribution in [0.5, 0.6) is 11.5 Å². The molecule has 0 saturated carbocycles. The molecule has 0 heterocycles. The van der Waals surface area contributed by atoms with Gasteiger partial charge in [0, 0.05) is 23.3 Å². The van der Waals surface area contributed by atoms with Crippen molar-refractivity contribution in [1.29, 1.82) is 0 Å². The van der Waals surface area contributed by atoms with Gasteiger partial charge in [-0.1, -0.05) is 23.7 Å². The van der Waals surface area contributed by atoms with Crippen LogP contribution < -0.4 is 14.8 Å². The molecule has 0 saturated heterocycles. The molecule has 5 nitrogen and oxygen atoms in total. The van der Waals surface area contributed by atoms with Crippen LogP contribution >= 0.6 is 11.6 Å². The van der Waals surface area contributed by atoms with Crippen molar-refractivity contribution in [2.24, 2.45) is 0 Å². The lowest BCUT2D eigenvalue weighted by Gasteiger charge is -2.15. The molecule has 0 radical (unpaired) electrons. The molecule has 3 aromatic carbocycles. The van der Waals surface area contributed by atoms with Gasteiger partial charge in [0.2, 0.25) is 0 Å². The molecular weight excluding hydrogens is 397 g/mol. The van der Waals surface area contributed by atoms with E-state index in [1.165, 1.54) is 31.4 Å². The van der Waals surface area contributed by atoms with E-state index in [9.17, 15) is 9.18 Å². The maximum absolute atomic E-state index is 13.0. The van der Waals surface area contributed by atoms with Crippen LogP contribution in [-0.4, -0.2) is 18.2 Å². The first-order valence-electron chi connectivity index (χ1n) is 8.77. The van der Waals surface area contributed by atoms with Gasteiger partial charge in [-0.2, -0.15) is 0 Å². The Bertz CT molecular complexity index is 991. The molecule has 29 heavy (non-hydrogen) atoms. The van der Waals surface area contributed by atoms with Crippen LogP contribution in [0.15, 0.2) is 60.7 Å². The Hall–Kier alpha value is -3.25. The minimum atomic E-state index is -0.972. The smallest absolute Gasteiger partial charge is 0.335 e. The lowest BCUT2D eigenvalue weighted by Crippen LogP contribution is -2.03. The molecule has 150 valence electrons. The zero-order chi connectivity index (χ0) is 20.8. The number of nitrogens with one attached hydrogen (secondary N) is 1. The largest absolute Gasteiger partial charge is 0.493 e. The number of anilines is 1. The van der Waals surface area contributed by atoms with Crippen molar-refractivity contribution >= 4 is 23.3 Å². The van der Waals surface area contributed by atoms with Gasteiger partial charge in [0.1, 0.15) is 12.4 Å². The van der Waals surface area contributed by atoms with Gasteiger partial charge < -0.3 is 19.9 Å². The second-order valence-electron chi connectivity index (χ2n) is 6.25. The highest BCUT2D eigenvalue weighted by molar-refractivity contribution is 6.31. The van der Waals surface area contributed by atoms with E-state index in [4.69, 9.17) is 26.2 Å². The van der Waals surface area contributed by atoms with E-state index in [0.717, 1.165) is 16.8 Å². The Balaban J connectivity index is 1.68. The normalized spacial score (nSPS) is 10.4. The average molecular weight is 416 g/mol. The van der Waals surface area contributed by atoms with Crippen LogP contribution in [0.25, 0.3) is 0 Å². The molecule has 0 aliphatic heterocycles. The number of ether oxygens (including phenoxy) is 2. The van der Waals surface area contributed by atoms with E-state index in [1.54, 1.807) is 36.4 Å².